The third kappa shape index (κ3) is 2.19. The molecular formula is C11H13F3N2. The third-order valence-corrected chi connectivity index (χ3v) is 2.85. The molecule has 1 fully saturated rings. The van der Waals surface area contributed by atoms with E-state index < -0.39 is 11.9 Å². The molecule has 2 heterocycles. The summed E-state index contributed by atoms with van der Waals surface area (Å²) in [5.41, 5.74) is 0.534. The highest BCUT2D eigenvalue weighted by molar-refractivity contribution is 5.27. The van der Waals surface area contributed by atoms with Crippen LogP contribution in [0, 0.1) is 6.92 Å². The predicted octanol–water partition coefficient (Wildman–Crippen LogP) is 2.83. The fraction of sp³-hybridized carbons (Fsp3) is 0.545. The van der Waals surface area contributed by atoms with Gasteiger partial charge in [-0.25, -0.2) is 4.98 Å². The van der Waals surface area contributed by atoms with Crippen LogP contribution >= 0.6 is 0 Å². The number of aromatic nitrogens is 1. The number of nitrogens with zero attached hydrogens (tertiary/aromatic N) is 1. The fourth-order valence-corrected chi connectivity index (χ4v) is 2.05. The highest BCUT2D eigenvalue weighted by atomic mass is 19.4. The lowest BCUT2D eigenvalue weighted by Gasteiger charge is -2.15. The van der Waals surface area contributed by atoms with Crippen LogP contribution in [0.4, 0.5) is 13.2 Å². The van der Waals surface area contributed by atoms with Crippen LogP contribution < -0.4 is 5.32 Å². The van der Waals surface area contributed by atoms with Crippen LogP contribution in [-0.2, 0) is 6.18 Å². The van der Waals surface area contributed by atoms with Crippen molar-refractivity contribution in [2.45, 2.75) is 32.0 Å². The van der Waals surface area contributed by atoms with Gasteiger partial charge in [0.1, 0.15) is 5.69 Å². The molecule has 16 heavy (non-hydrogen) atoms. The molecule has 0 amide bonds. The Morgan fingerprint density at radius 1 is 1.38 bits per heavy atom. The molecule has 0 radical (unpaired) electrons. The first kappa shape index (κ1) is 11.4. The first-order valence-electron chi connectivity index (χ1n) is 5.26. The minimum Gasteiger partial charge on any atom is -0.310 e. The molecule has 1 aromatic heterocycles. The summed E-state index contributed by atoms with van der Waals surface area (Å²) in [7, 11) is 0. The molecule has 1 atom stereocenters. The Hall–Kier alpha value is -1.10. The van der Waals surface area contributed by atoms with E-state index in [1.807, 2.05) is 0 Å². The van der Waals surface area contributed by atoms with Gasteiger partial charge in [0.25, 0.3) is 0 Å². The van der Waals surface area contributed by atoms with Gasteiger partial charge in [-0.2, -0.15) is 13.2 Å². The highest BCUT2D eigenvalue weighted by Crippen LogP contribution is 2.31. The van der Waals surface area contributed by atoms with E-state index in [1.165, 1.54) is 6.07 Å². The summed E-state index contributed by atoms with van der Waals surface area (Å²) in [5, 5.41) is 3.25. The topological polar surface area (TPSA) is 24.9 Å². The molecule has 2 nitrogen and oxygen atoms in total. The van der Waals surface area contributed by atoms with E-state index in [-0.39, 0.29) is 6.04 Å². The van der Waals surface area contributed by atoms with Crippen molar-refractivity contribution in [3.8, 4) is 0 Å². The summed E-state index contributed by atoms with van der Waals surface area (Å²) in [6, 6.07) is 2.76. The second kappa shape index (κ2) is 4.05. The SMILES string of the molecule is Cc1nc(C(F)(F)F)ccc1[C@H]1CCCN1. The first-order chi connectivity index (χ1) is 7.48. The number of alkyl halides is 3. The van der Waals surface area contributed by atoms with Gasteiger partial charge in [-0.15, -0.1) is 0 Å². The summed E-state index contributed by atoms with van der Waals surface area (Å²) in [4.78, 5) is 3.62. The third-order valence-electron chi connectivity index (χ3n) is 2.85. The normalized spacial score (nSPS) is 21.4. The van der Waals surface area contributed by atoms with Gasteiger partial charge < -0.3 is 5.32 Å². The second-order valence-electron chi connectivity index (χ2n) is 4.02. The van der Waals surface area contributed by atoms with E-state index in [4.69, 9.17) is 0 Å². The van der Waals surface area contributed by atoms with Crippen LogP contribution in [0.15, 0.2) is 12.1 Å². The van der Waals surface area contributed by atoms with Gasteiger partial charge in [0, 0.05) is 11.7 Å². The minimum atomic E-state index is -4.35. The summed E-state index contributed by atoms with van der Waals surface area (Å²) in [6.07, 6.45) is -2.33. The molecule has 5 heteroatoms. The second-order valence-corrected chi connectivity index (χ2v) is 4.02. The van der Waals surface area contributed by atoms with Crippen LogP contribution in [-0.4, -0.2) is 11.5 Å². The van der Waals surface area contributed by atoms with Gasteiger partial charge in [0.2, 0.25) is 0 Å². The van der Waals surface area contributed by atoms with Crippen molar-refractivity contribution in [2.75, 3.05) is 6.54 Å². The van der Waals surface area contributed by atoms with E-state index in [9.17, 15) is 13.2 Å². The summed E-state index contributed by atoms with van der Waals surface area (Å²) < 4.78 is 37.2. The number of pyridine rings is 1. The lowest BCUT2D eigenvalue weighted by Crippen LogP contribution is -2.16. The Kier molecular flexibility index (Phi) is 2.88. The lowest BCUT2D eigenvalue weighted by atomic mass is 10.0. The maximum Gasteiger partial charge on any atom is 0.433 e. The Bertz CT molecular complexity index is 381. The van der Waals surface area contributed by atoms with Gasteiger partial charge >= 0.3 is 6.18 Å². The van der Waals surface area contributed by atoms with Crippen LogP contribution in [0.2, 0.25) is 0 Å². The molecule has 2 rings (SSSR count). The van der Waals surface area contributed by atoms with Crippen molar-refractivity contribution in [3.63, 3.8) is 0 Å². The average molecular weight is 230 g/mol. The van der Waals surface area contributed by atoms with Crippen molar-refractivity contribution in [3.05, 3.63) is 29.1 Å². The molecule has 0 unspecified atom stereocenters. The van der Waals surface area contributed by atoms with Crippen LogP contribution in [0.25, 0.3) is 0 Å². The van der Waals surface area contributed by atoms with Gasteiger partial charge in [-0.3, -0.25) is 0 Å². The summed E-state index contributed by atoms with van der Waals surface area (Å²) in [5.74, 6) is 0. The zero-order valence-corrected chi connectivity index (χ0v) is 8.93. The molecule has 1 aliphatic heterocycles. The first-order valence-corrected chi connectivity index (χ1v) is 5.26. The summed E-state index contributed by atoms with van der Waals surface area (Å²) in [6.45, 7) is 2.55. The van der Waals surface area contributed by atoms with Crippen LogP contribution in [0.3, 0.4) is 0 Å². The largest absolute Gasteiger partial charge is 0.433 e. The molecule has 0 spiro atoms. The summed E-state index contributed by atoms with van der Waals surface area (Å²) >= 11 is 0. The van der Waals surface area contributed by atoms with E-state index in [0.29, 0.717) is 5.69 Å². The zero-order valence-electron chi connectivity index (χ0n) is 8.93. The maximum absolute atomic E-state index is 12.4. The van der Waals surface area contributed by atoms with E-state index in [0.717, 1.165) is 31.0 Å². The number of aryl methyl sites for hydroxylation is 1. The number of halogens is 3. The van der Waals surface area contributed by atoms with Gasteiger partial charge in [-0.05, 0) is 37.9 Å². The Balaban J connectivity index is 2.29. The minimum absolute atomic E-state index is 0.162. The monoisotopic (exact) mass is 230 g/mol. The Morgan fingerprint density at radius 3 is 2.62 bits per heavy atom. The molecule has 0 saturated carbocycles. The molecule has 1 N–H and O–H groups in total. The molecule has 1 aromatic rings. The number of nitrogens with one attached hydrogen (secondary N) is 1. The molecule has 1 aliphatic rings. The molecule has 0 aromatic carbocycles. The Morgan fingerprint density at radius 2 is 2.12 bits per heavy atom. The quantitative estimate of drug-likeness (QED) is 0.802. The number of hydrogen-bond donors (Lipinski definition) is 1. The van der Waals surface area contributed by atoms with Crippen molar-refractivity contribution in [2.24, 2.45) is 0 Å². The van der Waals surface area contributed by atoms with Crippen molar-refractivity contribution in [1.82, 2.24) is 10.3 Å². The van der Waals surface area contributed by atoms with E-state index >= 15 is 0 Å². The molecular weight excluding hydrogens is 217 g/mol. The van der Waals surface area contributed by atoms with Gasteiger partial charge in [0.05, 0.1) is 0 Å². The average Bonchev–Trinajstić information content (AvgIpc) is 2.69. The Labute approximate surface area is 91.9 Å². The van der Waals surface area contributed by atoms with Crippen molar-refractivity contribution in [1.29, 1.82) is 0 Å². The smallest absolute Gasteiger partial charge is 0.310 e. The fourth-order valence-electron chi connectivity index (χ4n) is 2.05. The van der Waals surface area contributed by atoms with E-state index in [1.54, 1.807) is 6.92 Å². The van der Waals surface area contributed by atoms with Crippen LogP contribution in [0.5, 0.6) is 0 Å². The van der Waals surface area contributed by atoms with Crippen molar-refractivity contribution < 1.29 is 13.2 Å². The predicted molar refractivity (Wildman–Crippen MR) is 54.0 cm³/mol. The molecule has 88 valence electrons. The zero-order chi connectivity index (χ0) is 11.8. The number of hydrogen-bond acceptors (Lipinski definition) is 2. The van der Waals surface area contributed by atoms with Gasteiger partial charge in [-0.1, -0.05) is 6.07 Å². The lowest BCUT2D eigenvalue weighted by molar-refractivity contribution is -0.141. The number of rotatable bonds is 1. The van der Waals surface area contributed by atoms with Gasteiger partial charge in [0.15, 0.2) is 0 Å². The highest BCUT2D eigenvalue weighted by Gasteiger charge is 2.33. The standard InChI is InChI=1S/C11H13F3N2/c1-7-8(9-3-2-6-15-9)4-5-10(16-7)11(12,13)14/h4-5,9,15H,2-3,6H2,1H3/t9-/m1/s1. The van der Waals surface area contributed by atoms with Crippen LogP contribution in [0.1, 0.15) is 35.8 Å². The molecule has 0 aliphatic carbocycles. The molecule has 1 saturated heterocycles. The van der Waals surface area contributed by atoms with E-state index in [2.05, 4.69) is 10.3 Å². The maximum atomic E-state index is 12.4. The molecule has 0 bridgehead atoms. The van der Waals surface area contributed by atoms with Crippen molar-refractivity contribution >= 4 is 0 Å².